The summed E-state index contributed by atoms with van der Waals surface area (Å²) in [5, 5.41) is 5.14. The van der Waals surface area contributed by atoms with Gasteiger partial charge in [-0.1, -0.05) is 18.5 Å². The minimum atomic E-state index is -0.525. The summed E-state index contributed by atoms with van der Waals surface area (Å²) < 4.78 is 18.7. The molecule has 3 heterocycles. The second-order valence-electron chi connectivity index (χ2n) is 7.82. The molecule has 1 fully saturated rings. The van der Waals surface area contributed by atoms with Gasteiger partial charge in [0.2, 0.25) is 0 Å². The van der Waals surface area contributed by atoms with Gasteiger partial charge in [0.15, 0.2) is 17.6 Å². The average Bonchev–Trinajstić information content (AvgIpc) is 3.38. The molecule has 2 aromatic heterocycles. The molecular weight excluding hydrogens is 434 g/mol. The largest absolute Gasteiger partial charge is 0.449 e. The number of hydrogen-bond acceptors (Lipinski definition) is 6. The Balaban J connectivity index is 1.90. The van der Waals surface area contributed by atoms with Crippen LogP contribution in [0.15, 0.2) is 28.9 Å². The summed E-state index contributed by atoms with van der Waals surface area (Å²) in [5.41, 5.74) is 2.39. The molecule has 1 aromatic carbocycles. The van der Waals surface area contributed by atoms with E-state index in [0.29, 0.717) is 47.4 Å². The summed E-state index contributed by atoms with van der Waals surface area (Å²) in [4.78, 5) is 26.7. The lowest BCUT2D eigenvalue weighted by molar-refractivity contribution is 0.00468. The van der Waals surface area contributed by atoms with E-state index in [-0.39, 0.29) is 24.5 Å². The molecule has 4 rings (SSSR count). The van der Waals surface area contributed by atoms with Crippen LogP contribution in [-0.4, -0.2) is 47.5 Å². The summed E-state index contributed by atoms with van der Waals surface area (Å²) in [6, 6.07) is 3.43. The van der Waals surface area contributed by atoms with E-state index in [1.807, 2.05) is 26.2 Å². The molecule has 0 unspecified atom stereocenters. The maximum Gasteiger partial charge on any atom is 0.414 e. The van der Waals surface area contributed by atoms with E-state index in [1.165, 1.54) is 0 Å². The lowest BCUT2D eigenvalue weighted by Gasteiger charge is -2.36. The quantitative estimate of drug-likeness (QED) is 0.469. The molecule has 0 N–H and O–H groups in total. The van der Waals surface area contributed by atoms with Crippen LogP contribution >= 0.6 is 11.6 Å². The van der Waals surface area contributed by atoms with Crippen molar-refractivity contribution < 1.29 is 23.5 Å². The maximum atomic E-state index is 13.1. The number of carbonyl (C=O) groups excluding carboxylic acids is 2. The van der Waals surface area contributed by atoms with Gasteiger partial charge in [-0.05, 0) is 43.9 Å². The van der Waals surface area contributed by atoms with Gasteiger partial charge in [-0.2, -0.15) is 5.10 Å². The van der Waals surface area contributed by atoms with Gasteiger partial charge >= 0.3 is 6.09 Å². The molecule has 1 amide bonds. The number of fused-ring (bicyclic) bond motifs is 1. The number of aldehydes is 1. The molecule has 1 aliphatic heterocycles. The highest BCUT2D eigenvalue weighted by atomic mass is 35.5. The zero-order chi connectivity index (χ0) is 22.8. The van der Waals surface area contributed by atoms with E-state index in [9.17, 15) is 9.59 Å². The SMILES string of the molecule is CCOC(=O)N(c1c(C=O)oc2c(Cl)cc(-c3cnn(C)c3)cc12)[C@H]1CCO[C@@H](CC)C1. The molecule has 0 bridgehead atoms. The Hall–Kier alpha value is -2.84. The zero-order valence-corrected chi connectivity index (χ0v) is 19.1. The highest BCUT2D eigenvalue weighted by Gasteiger charge is 2.36. The number of aryl methyl sites for hydroxylation is 1. The topological polar surface area (TPSA) is 86.8 Å². The number of amides is 1. The molecular formula is C23H26ClN3O5. The van der Waals surface area contributed by atoms with E-state index in [2.05, 4.69) is 5.10 Å². The molecule has 8 nitrogen and oxygen atoms in total. The number of furan rings is 1. The van der Waals surface area contributed by atoms with Gasteiger partial charge in [0, 0.05) is 36.8 Å². The Morgan fingerprint density at radius 3 is 2.84 bits per heavy atom. The number of aromatic nitrogens is 2. The molecule has 32 heavy (non-hydrogen) atoms. The van der Waals surface area contributed by atoms with Crippen LogP contribution in [0.4, 0.5) is 10.5 Å². The molecule has 170 valence electrons. The number of carbonyl (C=O) groups is 2. The Morgan fingerprint density at radius 1 is 1.38 bits per heavy atom. The number of nitrogens with zero attached hydrogens (tertiary/aromatic N) is 3. The number of halogens is 1. The van der Waals surface area contributed by atoms with Crippen molar-refractivity contribution in [2.24, 2.45) is 7.05 Å². The van der Waals surface area contributed by atoms with Crippen molar-refractivity contribution >= 4 is 40.6 Å². The Kier molecular flexibility index (Phi) is 6.53. The first-order valence-electron chi connectivity index (χ1n) is 10.7. The van der Waals surface area contributed by atoms with Gasteiger partial charge in [-0.25, -0.2) is 4.79 Å². The van der Waals surface area contributed by atoms with Crippen LogP contribution in [0.3, 0.4) is 0 Å². The lowest BCUT2D eigenvalue weighted by atomic mass is 9.98. The summed E-state index contributed by atoms with van der Waals surface area (Å²) in [5.74, 6) is 0.0397. The first kappa shape index (κ1) is 22.4. The van der Waals surface area contributed by atoms with E-state index >= 15 is 0 Å². The van der Waals surface area contributed by atoms with Gasteiger partial charge < -0.3 is 13.9 Å². The Labute approximate surface area is 191 Å². The third-order valence-electron chi connectivity index (χ3n) is 5.75. The average molecular weight is 460 g/mol. The van der Waals surface area contributed by atoms with Crippen molar-refractivity contribution in [3.8, 4) is 11.1 Å². The second kappa shape index (κ2) is 9.34. The second-order valence-corrected chi connectivity index (χ2v) is 8.23. The minimum Gasteiger partial charge on any atom is -0.449 e. The maximum absolute atomic E-state index is 13.1. The molecule has 1 saturated heterocycles. The van der Waals surface area contributed by atoms with Gasteiger partial charge in [-0.15, -0.1) is 0 Å². The van der Waals surface area contributed by atoms with Crippen LogP contribution in [0, 0.1) is 0 Å². The highest BCUT2D eigenvalue weighted by molar-refractivity contribution is 6.36. The fourth-order valence-corrected chi connectivity index (χ4v) is 4.48. The van der Waals surface area contributed by atoms with Gasteiger partial charge in [-0.3, -0.25) is 14.4 Å². The Bertz CT molecular complexity index is 1140. The number of rotatable bonds is 6. The monoisotopic (exact) mass is 459 g/mol. The fraction of sp³-hybridized carbons (Fsp3) is 0.435. The Morgan fingerprint density at radius 2 is 2.19 bits per heavy atom. The predicted octanol–water partition coefficient (Wildman–Crippen LogP) is 5.22. The van der Waals surface area contributed by atoms with Crippen molar-refractivity contribution in [2.75, 3.05) is 18.1 Å². The van der Waals surface area contributed by atoms with Crippen LogP contribution in [0.1, 0.15) is 43.7 Å². The number of anilines is 1. The molecule has 3 aromatic rings. The van der Waals surface area contributed by atoms with Crippen LogP contribution in [0.25, 0.3) is 22.1 Å². The minimum absolute atomic E-state index is 0.0260. The van der Waals surface area contributed by atoms with Crippen molar-refractivity contribution in [3.63, 3.8) is 0 Å². The van der Waals surface area contributed by atoms with Crippen molar-refractivity contribution in [3.05, 3.63) is 35.3 Å². The number of hydrogen-bond donors (Lipinski definition) is 0. The van der Waals surface area contributed by atoms with Crippen LogP contribution < -0.4 is 4.90 Å². The van der Waals surface area contributed by atoms with Gasteiger partial charge in [0.1, 0.15) is 5.69 Å². The predicted molar refractivity (Wildman–Crippen MR) is 121 cm³/mol. The standard InChI is InChI=1S/C23H26ClN3O5/c1-4-17-10-16(6-7-31-17)27(23(29)30-5-2)21-18-8-14(15-11-25-26(3)12-15)9-19(24)22(18)32-20(21)13-28/h8-9,11-13,16-17H,4-7,10H2,1-3H3/t16-,17-/m0/s1. The van der Waals surface area contributed by atoms with Crippen LogP contribution in [0.5, 0.6) is 0 Å². The smallest absolute Gasteiger partial charge is 0.414 e. The molecule has 1 aliphatic rings. The number of ether oxygens (including phenoxy) is 2. The third-order valence-corrected chi connectivity index (χ3v) is 6.04. The van der Waals surface area contributed by atoms with E-state index in [1.54, 1.807) is 28.8 Å². The summed E-state index contributed by atoms with van der Waals surface area (Å²) in [6.45, 7) is 4.53. The summed E-state index contributed by atoms with van der Waals surface area (Å²) >= 11 is 6.55. The third kappa shape index (κ3) is 4.12. The van der Waals surface area contributed by atoms with E-state index in [4.69, 9.17) is 25.5 Å². The van der Waals surface area contributed by atoms with E-state index in [0.717, 1.165) is 17.5 Å². The molecule has 0 spiro atoms. The summed E-state index contributed by atoms with van der Waals surface area (Å²) in [7, 11) is 1.83. The highest BCUT2D eigenvalue weighted by Crippen LogP contribution is 2.42. The molecule has 0 radical (unpaired) electrons. The van der Waals surface area contributed by atoms with Gasteiger partial charge in [0.25, 0.3) is 0 Å². The zero-order valence-electron chi connectivity index (χ0n) is 18.3. The first-order chi connectivity index (χ1) is 15.5. The summed E-state index contributed by atoms with van der Waals surface area (Å²) in [6.07, 6.45) is 5.79. The van der Waals surface area contributed by atoms with Crippen LogP contribution in [0.2, 0.25) is 5.02 Å². The molecule has 2 atom stereocenters. The van der Waals surface area contributed by atoms with Gasteiger partial charge in [0.05, 0.1) is 23.9 Å². The molecule has 0 aliphatic carbocycles. The first-order valence-corrected chi connectivity index (χ1v) is 11.1. The van der Waals surface area contributed by atoms with Crippen molar-refractivity contribution in [1.29, 1.82) is 0 Å². The normalized spacial score (nSPS) is 18.6. The lowest BCUT2D eigenvalue weighted by Crippen LogP contribution is -2.46. The van der Waals surface area contributed by atoms with E-state index < -0.39 is 6.09 Å². The van der Waals surface area contributed by atoms with Crippen LogP contribution in [-0.2, 0) is 16.5 Å². The number of benzene rings is 1. The molecule has 0 saturated carbocycles. The molecule has 9 heteroatoms. The van der Waals surface area contributed by atoms with Crippen molar-refractivity contribution in [2.45, 2.75) is 45.3 Å². The van der Waals surface area contributed by atoms with Crippen molar-refractivity contribution in [1.82, 2.24) is 9.78 Å². The fourth-order valence-electron chi connectivity index (χ4n) is 4.22.